The molecule has 3 rings (SSSR count). The minimum Gasteiger partial charge on any atom is -0.490 e. The summed E-state index contributed by atoms with van der Waals surface area (Å²) in [6.07, 6.45) is 0. The highest BCUT2D eigenvalue weighted by molar-refractivity contribution is 6.31. The maximum absolute atomic E-state index is 13.1. The monoisotopic (exact) mass is 443 g/mol. The molecule has 0 fully saturated rings. The van der Waals surface area contributed by atoms with Crippen LogP contribution in [0.4, 0.5) is 10.1 Å². The van der Waals surface area contributed by atoms with Crippen LogP contribution in [-0.2, 0) is 13.2 Å². The average Bonchev–Trinajstić information content (AvgIpc) is 2.74. The highest BCUT2D eigenvalue weighted by atomic mass is 35.5. The van der Waals surface area contributed by atoms with E-state index in [1.165, 1.54) is 12.1 Å². The van der Waals surface area contributed by atoms with Crippen molar-refractivity contribution in [2.75, 3.05) is 11.9 Å². The second-order valence-corrected chi connectivity index (χ2v) is 7.28. The van der Waals surface area contributed by atoms with Gasteiger partial charge in [-0.05, 0) is 60.9 Å². The molecule has 0 aromatic heterocycles. The predicted molar refractivity (Wildman–Crippen MR) is 119 cm³/mol. The lowest BCUT2D eigenvalue weighted by Crippen LogP contribution is -2.07. The van der Waals surface area contributed by atoms with Gasteiger partial charge in [-0.2, -0.15) is 0 Å². The van der Waals surface area contributed by atoms with Gasteiger partial charge in [-0.25, -0.2) is 9.18 Å². The largest absolute Gasteiger partial charge is 0.490 e. The van der Waals surface area contributed by atoms with Crippen molar-refractivity contribution in [3.63, 3.8) is 0 Å². The Morgan fingerprint density at radius 1 is 1.10 bits per heavy atom. The molecule has 5 nitrogen and oxygen atoms in total. The van der Waals surface area contributed by atoms with Gasteiger partial charge in [-0.15, -0.1) is 0 Å². The third-order valence-electron chi connectivity index (χ3n) is 4.75. The summed E-state index contributed by atoms with van der Waals surface area (Å²) in [5, 5.41) is 13.0. The van der Waals surface area contributed by atoms with E-state index in [-0.39, 0.29) is 18.0 Å². The van der Waals surface area contributed by atoms with Crippen LogP contribution in [0.2, 0.25) is 5.02 Å². The van der Waals surface area contributed by atoms with E-state index in [0.29, 0.717) is 40.9 Å². The van der Waals surface area contributed by atoms with Crippen molar-refractivity contribution in [2.24, 2.45) is 0 Å². The molecule has 0 saturated carbocycles. The fourth-order valence-corrected chi connectivity index (χ4v) is 3.31. The molecule has 0 bridgehead atoms. The number of carboxylic acids is 1. The molecule has 0 heterocycles. The van der Waals surface area contributed by atoms with Gasteiger partial charge in [0.2, 0.25) is 0 Å². The second kappa shape index (κ2) is 10.2. The average molecular weight is 444 g/mol. The molecule has 0 aliphatic rings. The first-order chi connectivity index (χ1) is 14.9. The van der Waals surface area contributed by atoms with Crippen molar-refractivity contribution in [2.45, 2.75) is 27.0 Å². The number of anilines is 1. The van der Waals surface area contributed by atoms with Gasteiger partial charge in [0.1, 0.15) is 12.4 Å². The number of aromatic carboxylic acids is 1. The summed E-state index contributed by atoms with van der Waals surface area (Å²) < 4.78 is 24.7. The highest BCUT2D eigenvalue weighted by Gasteiger charge is 2.14. The number of nitrogens with one attached hydrogen (secondary N) is 1. The van der Waals surface area contributed by atoms with Crippen LogP contribution >= 0.6 is 11.6 Å². The Bertz CT molecular complexity index is 1070. The lowest BCUT2D eigenvalue weighted by Gasteiger charge is -2.16. The van der Waals surface area contributed by atoms with Gasteiger partial charge in [-0.3, -0.25) is 0 Å². The van der Waals surface area contributed by atoms with E-state index in [4.69, 9.17) is 21.1 Å². The maximum atomic E-state index is 13.1. The molecule has 3 aromatic carbocycles. The number of benzene rings is 3. The predicted octanol–water partition coefficient (Wildman–Crippen LogP) is 6.08. The van der Waals surface area contributed by atoms with Crippen LogP contribution in [0.1, 0.15) is 34.0 Å². The van der Waals surface area contributed by atoms with E-state index >= 15 is 0 Å². The molecule has 3 aromatic rings. The summed E-state index contributed by atoms with van der Waals surface area (Å²) in [4.78, 5) is 11.3. The van der Waals surface area contributed by atoms with Crippen LogP contribution < -0.4 is 14.8 Å². The first-order valence-corrected chi connectivity index (χ1v) is 10.2. The van der Waals surface area contributed by atoms with E-state index in [1.54, 1.807) is 43.3 Å². The van der Waals surface area contributed by atoms with E-state index in [1.807, 2.05) is 13.0 Å². The van der Waals surface area contributed by atoms with Crippen LogP contribution in [0.25, 0.3) is 0 Å². The molecule has 31 heavy (non-hydrogen) atoms. The van der Waals surface area contributed by atoms with Gasteiger partial charge in [0.25, 0.3) is 0 Å². The smallest absolute Gasteiger partial charge is 0.336 e. The van der Waals surface area contributed by atoms with Crippen LogP contribution in [0.5, 0.6) is 11.5 Å². The number of rotatable bonds is 9. The van der Waals surface area contributed by atoms with Crippen molar-refractivity contribution >= 4 is 23.3 Å². The number of carboxylic acid groups (broad SMARTS) is 1. The topological polar surface area (TPSA) is 67.8 Å². The van der Waals surface area contributed by atoms with E-state index in [0.717, 1.165) is 11.1 Å². The minimum atomic E-state index is -0.972. The molecule has 0 aliphatic heterocycles. The summed E-state index contributed by atoms with van der Waals surface area (Å²) in [5.41, 5.74) is 3.20. The number of carbonyl (C=O) groups is 1. The van der Waals surface area contributed by atoms with Crippen LogP contribution in [0, 0.1) is 12.7 Å². The van der Waals surface area contributed by atoms with Crippen molar-refractivity contribution in [1.82, 2.24) is 0 Å². The third-order valence-corrected chi connectivity index (χ3v) is 5.11. The van der Waals surface area contributed by atoms with Crippen molar-refractivity contribution in [3.05, 3.63) is 87.7 Å². The summed E-state index contributed by atoms with van der Waals surface area (Å²) in [6.45, 7) is 4.69. The molecular formula is C24H23ClFNO4. The quantitative estimate of drug-likeness (QED) is 0.419. The minimum absolute atomic E-state index is 0.245. The first kappa shape index (κ1) is 22.4. The molecule has 0 saturated heterocycles. The fraction of sp³-hybridized carbons (Fsp3) is 0.208. The van der Waals surface area contributed by atoms with Gasteiger partial charge in [0, 0.05) is 23.3 Å². The maximum Gasteiger partial charge on any atom is 0.336 e. The van der Waals surface area contributed by atoms with Crippen LogP contribution in [-0.4, -0.2) is 17.7 Å². The molecule has 0 spiro atoms. The Kier molecular flexibility index (Phi) is 7.36. The number of hydrogen-bond acceptors (Lipinski definition) is 4. The Hall–Kier alpha value is -3.25. The molecule has 2 N–H and O–H groups in total. The van der Waals surface area contributed by atoms with Gasteiger partial charge >= 0.3 is 5.97 Å². The molecule has 162 valence electrons. The molecular weight excluding hydrogens is 421 g/mol. The normalized spacial score (nSPS) is 10.6. The van der Waals surface area contributed by atoms with Crippen molar-refractivity contribution in [1.29, 1.82) is 0 Å². The van der Waals surface area contributed by atoms with Crippen LogP contribution in [0.3, 0.4) is 0 Å². The standard InChI is InChI=1S/C24H23ClFNO4/c1-3-30-22-11-17(13-27-21-6-4-5-19(15(21)2)24(28)29)20(25)12-23(22)31-14-16-7-9-18(26)10-8-16/h4-12,27H,3,13-14H2,1-2H3,(H,28,29). The van der Waals surface area contributed by atoms with Gasteiger partial charge in [0.05, 0.1) is 12.2 Å². The van der Waals surface area contributed by atoms with E-state index in [2.05, 4.69) is 5.32 Å². The van der Waals surface area contributed by atoms with E-state index < -0.39 is 5.97 Å². The van der Waals surface area contributed by atoms with Gasteiger partial charge < -0.3 is 19.9 Å². The third kappa shape index (κ3) is 5.67. The van der Waals surface area contributed by atoms with Gasteiger partial charge in [-0.1, -0.05) is 29.8 Å². The lowest BCUT2D eigenvalue weighted by atomic mass is 10.1. The number of ether oxygens (including phenoxy) is 2. The highest BCUT2D eigenvalue weighted by Crippen LogP contribution is 2.35. The zero-order valence-corrected chi connectivity index (χ0v) is 18.0. The summed E-state index contributed by atoms with van der Waals surface area (Å²) in [5.74, 6) is -0.242. The molecule has 0 aliphatic carbocycles. The molecule has 0 unspecified atom stereocenters. The summed E-state index contributed by atoms with van der Waals surface area (Å²) in [7, 11) is 0. The SMILES string of the molecule is CCOc1cc(CNc2cccc(C(=O)O)c2C)c(Cl)cc1OCc1ccc(F)cc1. The lowest BCUT2D eigenvalue weighted by molar-refractivity contribution is 0.0696. The van der Waals surface area contributed by atoms with Crippen molar-refractivity contribution < 1.29 is 23.8 Å². The Morgan fingerprint density at radius 2 is 1.81 bits per heavy atom. The van der Waals surface area contributed by atoms with Crippen molar-refractivity contribution in [3.8, 4) is 11.5 Å². The van der Waals surface area contributed by atoms with Gasteiger partial charge in [0.15, 0.2) is 11.5 Å². The second-order valence-electron chi connectivity index (χ2n) is 6.88. The molecule has 0 amide bonds. The summed E-state index contributed by atoms with van der Waals surface area (Å²) >= 11 is 6.47. The van der Waals surface area contributed by atoms with Crippen LogP contribution in [0.15, 0.2) is 54.6 Å². The fourth-order valence-electron chi connectivity index (χ4n) is 3.08. The Morgan fingerprint density at radius 3 is 2.48 bits per heavy atom. The molecule has 0 atom stereocenters. The zero-order valence-electron chi connectivity index (χ0n) is 17.2. The zero-order chi connectivity index (χ0) is 22.4. The number of hydrogen-bond donors (Lipinski definition) is 2. The number of halogens is 2. The summed E-state index contributed by atoms with van der Waals surface area (Å²) in [6, 6.07) is 14.6. The Labute approximate surface area is 185 Å². The molecule has 0 radical (unpaired) electrons. The molecule has 7 heteroatoms. The first-order valence-electron chi connectivity index (χ1n) is 9.78. The Balaban J connectivity index is 1.77. The van der Waals surface area contributed by atoms with E-state index in [9.17, 15) is 14.3 Å².